The second-order valence-corrected chi connectivity index (χ2v) is 16.7. The number of halogens is 2. The van der Waals surface area contributed by atoms with Crippen LogP contribution in [0.25, 0.3) is 0 Å². The van der Waals surface area contributed by atoms with Gasteiger partial charge in [-0.1, -0.05) is 43.4 Å². The summed E-state index contributed by atoms with van der Waals surface area (Å²) in [6.07, 6.45) is 8.33. The number of hydrogen-bond acceptors (Lipinski definition) is 2. The highest BCUT2D eigenvalue weighted by atomic mass is 79.9. The first-order valence-corrected chi connectivity index (χ1v) is 12.5. The molecule has 2 nitrogen and oxygen atoms in total. The van der Waals surface area contributed by atoms with E-state index < -0.39 is 5.64 Å². The predicted molar refractivity (Wildman–Crippen MR) is 74.5 cm³/mol. The van der Waals surface area contributed by atoms with E-state index in [2.05, 4.69) is 39.7 Å². The first kappa shape index (κ1) is 12.6. The number of piperidine rings is 2. The maximum absolute atomic E-state index is 4.01. The van der Waals surface area contributed by atoms with Crippen molar-refractivity contribution in [3.63, 3.8) is 0 Å². The zero-order chi connectivity index (χ0) is 10.7. The number of rotatable bonds is 2. The standard InChI is InChI=1S/C10H20Br2N2Si/c11-15(12,13-7-3-1-4-8-13)14-9-5-2-6-10-14/h1-10H2. The van der Waals surface area contributed by atoms with Gasteiger partial charge in [0.1, 0.15) is 0 Å². The molecule has 0 N–H and O–H groups in total. The Labute approximate surface area is 110 Å². The summed E-state index contributed by atoms with van der Waals surface area (Å²) < 4.78 is 5.34. The van der Waals surface area contributed by atoms with Gasteiger partial charge in [-0.2, -0.15) is 0 Å². The van der Waals surface area contributed by atoms with Crippen molar-refractivity contribution in [3.05, 3.63) is 0 Å². The van der Waals surface area contributed by atoms with E-state index in [1.807, 2.05) is 0 Å². The van der Waals surface area contributed by atoms with Crippen LogP contribution in [-0.4, -0.2) is 40.9 Å². The molecule has 2 aliphatic rings. The maximum Gasteiger partial charge on any atom is 0.354 e. The van der Waals surface area contributed by atoms with E-state index in [0.717, 1.165) is 0 Å². The molecule has 0 aromatic rings. The molecule has 15 heavy (non-hydrogen) atoms. The minimum absolute atomic E-state index is 1.28. The average Bonchev–Trinajstić information content (AvgIpc) is 2.31. The van der Waals surface area contributed by atoms with Gasteiger partial charge in [0.25, 0.3) is 0 Å². The van der Waals surface area contributed by atoms with Gasteiger partial charge in [-0.25, -0.2) is 0 Å². The molecule has 2 fully saturated rings. The van der Waals surface area contributed by atoms with Crippen molar-refractivity contribution in [1.82, 2.24) is 9.13 Å². The van der Waals surface area contributed by atoms with E-state index >= 15 is 0 Å². The molecule has 0 aromatic heterocycles. The van der Waals surface area contributed by atoms with Crippen LogP contribution in [0.3, 0.4) is 0 Å². The Hall–Kier alpha value is 1.10. The zero-order valence-corrected chi connectivity index (χ0v) is 13.4. The zero-order valence-electron chi connectivity index (χ0n) is 9.22. The molecule has 0 aliphatic carbocycles. The Morgan fingerprint density at radius 3 is 1.27 bits per heavy atom. The van der Waals surface area contributed by atoms with Crippen molar-refractivity contribution in [2.45, 2.75) is 38.5 Å². The minimum atomic E-state index is -1.61. The summed E-state index contributed by atoms with van der Waals surface area (Å²) in [5.41, 5.74) is -1.61. The van der Waals surface area contributed by atoms with Gasteiger partial charge < -0.3 is 0 Å². The van der Waals surface area contributed by atoms with Crippen LogP contribution in [0, 0.1) is 0 Å². The number of nitrogens with zero attached hydrogens (tertiary/aromatic N) is 2. The molecule has 5 heteroatoms. The van der Waals surface area contributed by atoms with Gasteiger partial charge in [-0.15, -0.1) is 0 Å². The molecule has 0 saturated carbocycles. The summed E-state index contributed by atoms with van der Waals surface area (Å²) in [5, 5.41) is 0. The molecular weight excluding hydrogens is 336 g/mol. The van der Waals surface area contributed by atoms with Gasteiger partial charge in [0.05, 0.1) is 0 Å². The summed E-state index contributed by atoms with van der Waals surface area (Å²) in [6, 6.07) is 0. The molecule has 2 aliphatic heterocycles. The highest BCUT2D eigenvalue weighted by Crippen LogP contribution is 2.33. The second-order valence-electron chi connectivity index (χ2n) is 4.60. The van der Waals surface area contributed by atoms with E-state index in [4.69, 9.17) is 0 Å². The first-order valence-electron chi connectivity index (χ1n) is 6.09. The van der Waals surface area contributed by atoms with Crippen molar-refractivity contribution in [2.24, 2.45) is 0 Å². The van der Waals surface area contributed by atoms with Crippen LogP contribution in [0.1, 0.15) is 38.5 Å². The molecule has 0 atom stereocenters. The lowest BCUT2D eigenvalue weighted by Crippen LogP contribution is -2.60. The van der Waals surface area contributed by atoms with E-state index in [0.29, 0.717) is 0 Å². The van der Waals surface area contributed by atoms with Crippen LogP contribution >= 0.6 is 30.6 Å². The Balaban J connectivity index is 1.96. The first-order chi connectivity index (χ1) is 7.21. The van der Waals surface area contributed by atoms with Crippen molar-refractivity contribution in [2.75, 3.05) is 26.2 Å². The van der Waals surface area contributed by atoms with E-state index in [9.17, 15) is 0 Å². The van der Waals surface area contributed by atoms with Crippen molar-refractivity contribution in [3.8, 4) is 0 Å². The lowest BCUT2D eigenvalue weighted by atomic mass is 10.2. The highest BCUT2D eigenvalue weighted by Gasteiger charge is 2.42. The summed E-state index contributed by atoms with van der Waals surface area (Å²) >= 11 is 8.02. The lowest BCUT2D eigenvalue weighted by molar-refractivity contribution is 0.287. The summed E-state index contributed by atoms with van der Waals surface area (Å²) in [6.45, 7) is 5.11. The maximum atomic E-state index is 4.01. The topological polar surface area (TPSA) is 6.48 Å². The smallest absolute Gasteiger partial charge is 0.295 e. The van der Waals surface area contributed by atoms with Crippen LogP contribution < -0.4 is 0 Å². The fourth-order valence-electron chi connectivity index (χ4n) is 2.53. The van der Waals surface area contributed by atoms with Crippen LogP contribution in [0.2, 0.25) is 0 Å². The Bertz CT molecular complexity index is 182. The molecule has 2 rings (SSSR count). The van der Waals surface area contributed by atoms with E-state index in [-0.39, 0.29) is 0 Å². The highest BCUT2D eigenvalue weighted by molar-refractivity contribution is 9.50. The quantitative estimate of drug-likeness (QED) is 0.554. The predicted octanol–water partition coefficient (Wildman–Crippen LogP) is 3.18. The Morgan fingerprint density at radius 1 is 0.600 bits per heavy atom. The van der Waals surface area contributed by atoms with Gasteiger partial charge >= 0.3 is 5.64 Å². The van der Waals surface area contributed by atoms with Gasteiger partial charge in [-0.3, -0.25) is 9.13 Å². The van der Waals surface area contributed by atoms with Gasteiger partial charge in [0.2, 0.25) is 0 Å². The fourth-order valence-corrected chi connectivity index (χ4v) is 8.89. The molecule has 0 unspecified atom stereocenters. The number of hydrogen-bond donors (Lipinski definition) is 0. The average molecular weight is 356 g/mol. The summed E-state index contributed by atoms with van der Waals surface area (Å²) in [7, 11) is 0. The largest absolute Gasteiger partial charge is 0.354 e. The molecule has 88 valence electrons. The summed E-state index contributed by atoms with van der Waals surface area (Å²) in [5.74, 6) is 0. The summed E-state index contributed by atoms with van der Waals surface area (Å²) in [4.78, 5) is 0. The monoisotopic (exact) mass is 354 g/mol. The van der Waals surface area contributed by atoms with Crippen molar-refractivity contribution >= 4 is 36.2 Å². The van der Waals surface area contributed by atoms with Crippen LogP contribution in [-0.2, 0) is 0 Å². The van der Waals surface area contributed by atoms with Crippen LogP contribution in [0.5, 0.6) is 0 Å². The van der Waals surface area contributed by atoms with Gasteiger partial charge in [-0.05, 0) is 51.9 Å². The molecule has 0 amide bonds. The second kappa shape index (κ2) is 5.62. The Kier molecular flexibility index (Phi) is 4.71. The lowest BCUT2D eigenvalue weighted by Gasteiger charge is -2.44. The van der Waals surface area contributed by atoms with Crippen molar-refractivity contribution < 1.29 is 0 Å². The molecule has 0 bridgehead atoms. The fraction of sp³-hybridized carbons (Fsp3) is 1.00. The molecule has 2 heterocycles. The Morgan fingerprint density at radius 2 is 0.933 bits per heavy atom. The van der Waals surface area contributed by atoms with E-state index in [1.54, 1.807) is 0 Å². The minimum Gasteiger partial charge on any atom is -0.295 e. The van der Waals surface area contributed by atoms with Gasteiger partial charge in [0.15, 0.2) is 0 Å². The third-order valence-corrected chi connectivity index (χ3v) is 11.9. The van der Waals surface area contributed by atoms with Crippen molar-refractivity contribution in [1.29, 1.82) is 0 Å². The third kappa shape index (κ3) is 3.06. The van der Waals surface area contributed by atoms with Gasteiger partial charge in [0, 0.05) is 0 Å². The molecule has 0 radical (unpaired) electrons. The molecule has 0 aromatic carbocycles. The molecule has 0 spiro atoms. The molecule has 2 saturated heterocycles. The third-order valence-electron chi connectivity index (χ3n) is 3.47. The molecular formula is C10H20Br2N2Si. The van der Waals surface area contributed by atoms with Crippen LogP contribution in [0.15, 0.2) is 0 Å². The van der Waals surface area contributed by atoms with E-state index in [1.165, 1.54) is 64.7 Å². The SMILES string of the molecule is Br[Si](Br)(N1CCCCC1)N1CCCCC1. The normalized spacial score (nSPS) is 26.8. The van der Waals surface area contributed by atoms with Crippen LogP contribution in [0.4, 0.5) is 0 Å².